The van der Waals surface area contributed by atoms with Crippen LogP contribution in [0.5, 0.6) is 0 Å². The number of benzene rings is 1. The van der Waals surface area contributed by atoms with Gasteiger partial charge >= 0.3 is 0 Å². The van der Waals surface area contributed by atoms with Gasteiger partial charge in [-0.1, -0.05) is 17.7 Å². The summed E-state index contributed by atoms with van der Waals surface area (Å²) in [5, 5.41) is 4.01. The second-order valence-corrected chi connectivity index (χ2v) is 5.08. The average molecular weight is 299 g/mol. The highest BCUT2D eigenvalue weighted by Crippen LogP contribution is 2.25. The molecule has 0 bridgehead atoms. The first kappa shape index (κ1) is 13.6. The number of anilines is 1. The maximum atomic E-state index is 6.14. The molecular weight excluding hydrogens is 284 g/mol. The van der Waals surface area contributed by atoms with Crippen LogP contribution in [0.2, 0.25) is 5.02 Å². The largest absolute Gasteiger partial charge is 0.360 e. The summed E-state index contributed by atoms with van der Waals surface area (Å²) in [6, 6.07) is 9.67. The van der Waals surface area contributed by atoms with E-state index in [1.165, 1.54) is 0 Å². The minimum absolute atomic E-state index is 0.495. The van der Waals surface area contributed by atoms with Gasteiger partial charge < -0.3 is 10.3 Å². The third-order valence-electron chi connectivity index (χ3n) is 3.17. The first-order valence-electron chi connectivity index (χ1n) is 6.67. The average Bonchev–Trinajstić information content (AvgIpc) is 2.95. The Morgan fingerprint density at radius 1 is 1.38 bits per heavy atom. The summed E-state index contributed by atoms with van der Waals surface area (Å²) in [7, 11) is 0. The van der Waals surface area contributed by atoms with Gasteiger partial charge in [0, 0.05) is 22.5 Å². The van der Waals surface area contributed by atoms with E-state index >= 15 is 0 Å². The number of halogens is 1. The topological polar surface area (TPSA) is 52.5 Å². The Labute approximate surface area is 128 Å². The van der Waals surface area contributed by atoms with Gasteiger partial charge in [-0.3, -0.25) is 9.98 Å². The molecule has 1 aliphatic rings. The van der Waals surface area contributed by atoms with Gasteiger partial charge in [0.15, 0.2) is 0 Å². The predicted octanol–water partition coefficient (Wildman–Crippen LogP) is 3.52. The van der Waals surface area contributed by atoms with E-state index in [9.17, 15) is 0 Å². The smallest absolute Gasteiger partial charge is 0.123 e. The van der Waals surface area contributed by atoms with Crippen molar-refractivity contribution in [3.63, 3.8) is 0 Å². The number of nitrogens with one attached hydrogen (secondary N) is 2. The summed E-state index contributed by atoms with van der Waals surface area (Å²) < 4.78 is 0. The van der Waals surface area contributed by atoms with Gasteiger partial charge in [0.25, 0.3) is 0 Å². The molecule has 5 heteroatoms. The van der Waals surface area contributed by atoms with Gasteiger partial charge in [-0.15, -0.1) is 6.58 Å². The number of hydrogen-bond donors (Lipinski definition) is 2. The summed E-state index contributed by atoms with van der Waals surface area (Å²) >= 11 is 6.14. The summed E-state index contributed by atoms with van der Waals surface area (Å²) in [5.41, 5.74) is 3.76. The number of fused-ring (bicyclic) bond motifs is 1. The predicted molar refractivity (Wildman–Crippen MR) is 88.9 cm³/mol. The Balaban J connectivity index is 2.10. The lowest BCUT2D eigenvalue weighted by Crippen LogP contribution is -2.15. The molecule has 21 heavy (non-hydrogen) atoms. The molecule has 0 atom stereocenters. The van der Waals surface area contributed by atoms with Crippen LogP contribution in [0.15, 0.2) is 59.2 Å². The van der Waals surface area contributed by atoms with E-state index in [4.69, 9.17) is 11.6 Å². The van der Waals surface area contributed by atoms with Crippen LogP contribution in [0.4, 0.5) is 5.69 Å². The molecule has 3 rings (SSSR count). The minimum Gasteiger partial charge on any atom is -0.360 e. The third kappa shape index (κ3) is 2.90. The molecule has 1 aromatic carbocycles. The molecule has 0 fully saturated rings. The normalized spacial score (nSPS) is 15.9. The van der Waals surface area contributed by atoms with Gasteiger partial charge in [0.2, 0.25) is 0 Å². The van der Waals surface area contributed by atoms with E-state index in [1.54, 1.807) is 6.08 Å². The van der Waals surface area contributed by atoms with Crippen molar-refractivity contribution in [3.8, 4) is 0 Å². The molecule has 0 spiro atoms. The van der Waals surface area contributed by atoms with Crippen molar-refractivity contribution < 1.29 is 0 Å². The molecule has 0 unspecified atom stereocenters. The van der Waals surface area contributed by atoms with Gasteiger partial charge in [0.1, 0.15) is 5.84 Å². The van der Waals surface area contributed by atoms with Gasteiger partial charge in [-0.2, -0.15) is 0 Å². The molecular formula is C16H15ClN4. The third-order valence-corrected chi connectivity index (χ3v) is 3.40. The lowest BCUT2D eigenvalue weighted by molar-refractivity contribution is 1.19. The van der Waals surface area contributed by atoms with Crippen molar-refractivity contribution in [1.29, 1.82) is 0 Å². The van der Waals surface area contributed by atoms with Crippen LogP contribution in [0, 0.1) is 0 Å². The number of nitrogens with zero attached hydrogens (tertiary/aromatic N) is 2. The maximum Gasteiger partial charge on any atom is 0.123 e. The van der Waals surface area contributed by atoms with Crippen LogP contribution in [-0.4, -0.2) is 29.6 Å². The zero-order valence-electron chi connectivity index (χ0n) is 11.4. The monoisotopic (exact) mass is 298 g/mol. The lowest BCUT2D eigenvalue weighted by Gasteiger charge is -2.10. The maximum absolute atomic E-state index is 6.14. The van der Waals surface area contributed by atoms with Crippen molar-refractivity contribution >= 4 is 28.8 Å². The minimum atomic E-state index is 0.495. The summed E-state index contributed by atoms with van der Waals surface area (Å²) in [5.74, 6) is 0.819. The molecule has 0 saturated carbocycles. The number of H-pyrrole nitrogens is 1. The molecule has 0 aliphatic carbocycles. The van der Waals surface area contributed by atoms with E-state index in [-0.39, 0.29) is 0 Å². The number of benzodiazepines with no additional fused rings is 1. The van der Waals surface area contributed by atoms with E-state index in [2.05, 4.69) is 26.9 Å². The fourth-order valence-electron chi connectivity index (χ4n) is 2.23. The lowest BCUT2D eigenvalue weighted by atomic mass is 10.1. The number of hydrogen-bond acceptors (Lipinski definition) is 2. The Morgan fingerprint density at radius 3 is 3.05 bits per heavy atom. The second kappa shape index (κ2) is 5.97. The number of amidine groups is 1. The van der Waals surface area contributed by atoms with Crippen molar-refractivity contribution in [2.24, 2.45) is 9.98 Å². The Bertz CT molecular complexity index is 714. The molecule has 4 nitrogen and oxygen atoms in total. The molecule has 0 radical (unpaired) electrons. The zero-order chi connectivity index (χ0) is 14.7. The number of rotatable bonds is 3. The first-order chi connectivity index (χ1) is 10.3. The molecule has 2 N–H and O–H groups in total. The summed E-state index contributed by atoms with van der Waals surface area (Å²) in [4.78, 5) is 12.3. The molecule has 2 heterocycles. The molecule has 1 aromatic heterocycles. The Morgan fingerprint density at radius 2 is 2.29 bits per heavy atom. The van der Waals surface area contributed by atoms with Gasteiger partial charge in [-0.05, 0) is 30.3 Å². The highest BCUT2D eigenvalue weighted by atomic mass is 35.5. The highest BCUT2D eigenvalue weighted by Gasteiger charge is 2.17. The molecule has 1 aliphatic heterocycles. The second-order valence-electron chi connectivity index (χ2n) is 4.64. The van der Waals surface area contributed by atoms with Crippen LogP contribution in [-0.2, 0) is 0 Å². The zero-order valence-corrected chi connectivity index (χ0v) is 12.2. The first-order valence-corrected chi connectivity index (χ1v) is 7.05. The summed E-state index contributed by atoms with van der Waals surface area (Å²) in [6.07, 6.45) is 3.64. The number of aliphatic imine (C=N–C) groups is 2. The molecule has 0 amide bonds. The fourth-order valence-corrected chi connectivity index (χ4v) is 2.40. The van der Waals surface area contributed by atoms with E-state index in [0.29, 0.717) is 18.1 Å². The van der Waals surface area contributed by atoms with Crippen molar-refractivity contribution in [2.45, 2.75) is 0 Å². The van der Waals surface area contributed by atoms with Crippen LogP contribution in [0.25, 0.3) is 0 Å². The fraction of sp³-hybridized carbons (Fsp3) is 0.125. The molecule has 0 saturated heterocycles. The molecule has 106 valence electrons. The van der Waals surface area contributed by atoms with Crippen molar-refractivity contribution in [3.05, 3.63) is 65.5 Å². The van der Waals surface area contributed by atoms with E-state index < -0.39 is 0 Å². The van der Waals surface area contributed by atoms with Crippen molar-refractivity contribution in [2.75, 3.05) is 18.4 Å². The van der Waals surface area contributed by atoms with Gasteiger partial charge in [0.05, 0.1) is 24.5 Å². The van der Waals surface area contributed by atoms with Crippen LogP contribution in [0.3, 0.4) is 0 Å². The number of aromatic nitrogens is 1. The van der Waals surface area contributed by atoms with Crippen molar-refractivity contribution in [1.82, 2.24) is 4.98 Å². The van der Waals surface area contributed by atoms with Crippen LogP contribution >= 0.6 is 11.6 Å². The number of aromatic amines is 1. The quantitative estimate of drug-likeness (QED) is 0.837. The SMILES string of the molecule is C=CCN=C1CN=C(c2ccc[nH]2)c2cc(Cl)ccc2N1. The Kier molecular flexibility index (Phi) is 3.88. The van der Waals surface area contributed by atoms with Crippen LogP contribution < -0.4 is 5.32 Å². The van der Waals surface area contributed by atoms with E-state index in [1.807, 2.05) is 36.5 Å². The standard InChI is InChI=1S/C16H15ClN4/c1-2-7-19-15-10-20-16(14-4-3-8-18-14)12-9-11(17)5-6-13(12)21-15/h2-6,8-9,18H,1,7,10H2,(H,19,21). The van der Waals surface area contributed by atoms with E-state index in [0.717, 1.165) is 28.5 Å². The summed E-state index contributed by atoms with van der Waals surface area (Å²) in [6.45, 7) is 4.75. The Hall–Kier alpha value is -2.33. The molecule has 2 aromatic rings. The van der Waals surface area contributed by atoms with Crippen LogP contribution in [0.1, 0.15) is 11.3 Å². The van der Waals surface area contributed by atoms with Gasteiger partial charge in [-0.25, -0.2) is 0 Å². The highest BCUT2D eigenvalue weighted by molar-refractivity contribution is 6.31.